The Bertz CT molecular complexity index is 11.6. The maximum absolute atomic E-state index is 8.57. The molecular weight excluding hydrogens is 260 g/mol. The molecule has 0 N–H and O–H groups in total. The zero-order valence-electron chi connectivity index (χ0n) is 2.60. The molecule has 0 aromatic rings. The van der Waals surface area contributed by atoms with Crippen LogP contribution in [0.5, 0.6) is 0 Å². The van der Waals surface area contributed by atoms with Crippen LogP contribution in [0.1, 0.15) is 0 Å². The fourth-order valence-electron chi connectivity index (χ4n) is 0. The van der Waals surface area contributed by atoms with Crippen molar-refractivity contribution in [3.05, 3.63) is 0 Å². The molecule has 0 aliphatic carbocycles. The van der Waals surface area contributed by atoms with Gasteiger partial charge in [0, 0.05) is 0 Å². The van der Waals surface area contributed by atoms with Crippen LogP contribution in [-0.4, -0.2) is 0 Å². The third kappa shape index (κ3) is 21.4. The second kappa shape index (κ2) is 6.42. The van der Waals surface area contributed by atoms with E-state index in [0.717, 1.165) is 0 Å². The van der Waals surface area contributed by atoms with Gasteiger partial charge in [-0.2, -0.15) is 0 Å². The van der Waals surface area contributed by atoms with Crippen LogP contribution < -0.4 is 89.6 Å². The Morgan fingerprint density at radius 1 is 1.00 bits per heavy atom. The first-order valence-electron chi connectivity index (χ1n) is 0.463. The van der Waals surface area contributed by atoms with Gasteiger partial charge in [0.1, 0.15) is 0 Å². The number of rotatable bonds is 0. The van der Waals surface area contributed by atoms with E-state index in [0.29, 0.717) is 0 Å². The van der Waals surface area contributed by atoms with E-state index in [1.165, 1.54) is 0 Å². The van der Waals surface area contributed by atoms with Gasteiger partial charge in [0.25, 0.3) is 21.1 Å². The van der Waals surface area contributed by atoms with E-state index >= 15 is 0 Å². The first kappa shape index (κ1) is 10.4. The SMILES string of the molecule is [O-][I+2]([O-])[O-].[Rb+]. The third-order valence-corrected chi connectivity index (χ3v) is 0. The number of hydrogen-bond donors (Lipinski definition) is 0. The molecule has 0 aromatic heterocycles. The Morgan fingerprint density at radius 3 is 1.00 bits per heavy atom. The van der Waals surface area contributed by atoms with Gasteiger partial charge in [0.05, 0.1) is 0 Å². The van der Waals surface area contributed by atoms with E-state index in [4.69, 9.17) is 10.3 Å². The molecule has 0 fully saturated rings. The van der Waals surface area contributed by atoms with Gasteiger partial charge in [-0.05, 0) is 0 Å². The first-order valence-corrected chi connectivity index (χ1v) is 3.11. The Hall–Kier alpha value is 2.42. The molecule has 0 rings (SSSR count). The van der Waals surface area contributed by atoms with E-state index in [1.54, 1.807) is 0 Å². The quantitative estimate of drug-likeness (QED) is 0.406. The van der Waals surface area contributed by atoms with Crippen molar-refractivity contribution in [2.45, 2.75) is 0 Å². The molecule has 5 heteroatoms. The molecule has 0 bridgehead atoms. The van der Waals surface area contributed by atoms with Crippen molar-refractivity contribution in [3.8, 4) is 0 Å². The van der Waals surface area contributed by atoms with Gasteiger partial charge in [0.2, 0.25) is 0 Å². The largest absolute Gasteiger partial charge is 1.00 e. The summed E-state index contributed by atoms with van der Waals surface area (Å²) >= 11 is -4.01. The topological polar surface area (TPSA) is 69.2 Å². The summed E-state index contributed by atoms with van der Waals surface area (Å²) in [5.74, 6) is 0. The molecule has 0 spiro atoms. The van der Waals surface area contributed by atoms with Gasteiger partial charge in [0.15, 0.2) is 0 Å². The smallest absolute Gasteiger partial charge is 0.427 e. The molecule has 0 aliphatic heterocycles. The van der Waals surface area contributed by atoms with Gasteiger partial charge in [-0.15, -0.1) is 0 Å². The van der Waals surface area contributed by atoms with Crippen LogP contribution in [0.2, 0.25) is 0 Å². The summed E-state index contributed by atoms with van der Waals surface area (Å²) in [6, 6.07) is 0. The van der Waals surface area contributed by atoms with Crippen molar-refractivity contribution in [3.63, 3.8) is 0 Å². The molecule has 0 atom stereocenters. The molecule has 0 saturated heterocycles. The van der Waals surface area contributed by atoms with Crippen LogP contribution in [0.4, 0.5) is 0 Å². The van der Waals surface area contributed by atoms with Gasteiger partial charge in [-0.1, -0.05) is 0 Å². The third-order valence-electron chi connectivity index (χ3n) is 0. The average Bonchev–Trinajstić information content (AvgIpc) is 0.811. The van der Waals surface area contributed by atoms with Crippen molar-refractivity contribution < 1.29 is 89.6 Å². The second-order valence-electron chi connectivity index (χ2n) is 0.189. The van der Waals surface area contributed by atoms with Crippen LogP contribution in [0.15, 0.2) is 0 Å². The summed E-state index contributed by atoms with van der Waals surface area (Å²) in [6.45, 7) is 0. The minimum absolute atomic E-state index is 0. The second-order valence-corrected chi connectivity index (χ2v) is 1.27. The monoisotopic (exact) mass is 260 g/mol. The van der Waals surface area contributed by atoms with E-state index in [2.05, 4.69) is 0 Å². The Kier molecular flexibility index (Phi) is 13.4. The number of hydrogen-bond acceptors (Lipinski definition) is 3. The molecule has 0 saturated carbocycles. The molecule has 0 heterocycles. The zero-order valence-corrected chi connectivity index (χ0v) is 9.68. The fourth-order valence-corrected chi connectivity index (χ4v) is 0. The van der Waals surface area contributed by atoms with E-state index < -0.39 is 21.1 Å². The molecule has 26 valence electrons. The predicted octanol–water partition coefficient (Wildman–Crippen LogP) is -9.56. The minimum Gasteiger partial charge on any atom is -0.427 e. The predicted molar refractivity (Wildman–Crippen MR) is 0 cm³/mol. The van der Waals surface area contributed by atoms with Crippen molar-refractivity contribution in [2.24, 2.45) is 0 Å². The van der Waals surface area contributed by atoms with Gasteiger partial charge < -0.3 is 10.3 Å². The van der Waals surface area contributed by atoms with Gasteiger partial charge in [-0.25, -0.2) is 0 Å². The minimum atomic E-state index is -4.01. The summed E-state index contributed by atoms with van der Waals surface area (Å²) < 4.78 is 25.7. The summed E-state index contributed by atoms with van der Waals surface area (Å²) in [5.41, 5.74) is 0. The van der Waals surface area contributed by atoms with Crippen LogP contribution >= 0.6 is 0 Å². The van der Waals surface area contributed by atoms with Crippen LogP contribution in [0.3, 0.4) is 0 Å². The fraction of sp³-hybridized carbons (Fsp3) is 0. The van der Waals surface area contributed by atoms with Crippen molar-refractivity contribution >= 4 is 0 Å². The zero-order chi connectivity index (χ0) is 3.58. The van der Waals surface area contributed by atoms with Crippen LogP contribution in [-0.2, 0) is 0 Å². The molecule has 3 nitrogen and oxygen atoms in total. The average molecular weight is 260 g/mol. The van der Waals surface area contributed by atoms with Crippen LogP contribution in [0, 0.1) is 0 Å². The molecule has 0 amide bonds. The van der Waals surface area contributed by atoms with Crippen molar-refractivity contribution in [1.29, 1.82) is 0 Å². The Balaban J connectivity index is 0. The molecule has 0 aliphatic rings. The molecular formula is IO3Rb. The van der Waals surface area contributed by atoms with Gasteiger partial charge in [-0.3, -0.25) is 0 Å². The molecule has 0 radical (unpaired) electrons. The molecule has 0 unspecified atom stereocenters. The van der Waals surface area contributed by atoms with Crippen molar-refractivity contribution in [1.82, 2.24) is 0 Å². The normalized spacial score (nSPS) is 7.20. The summed E-state index contributed by atoms with van der Waals surface area (Å²) in [6.07, 6.45) is 0. The summed E-state index contributed by atoms with van der Waals surface area (Å²) in [5, 5.41) is 0. The Labute approximate surface area is 87.2 Å². The van der Waals surface area contributed by atoms with Crippen molar-refractivity contribution in [2.75, 3.05) is 0 Å². The summed E-state index contributed by atoms with van der Waals surface area (Å²) in [4.78, 5) is 0. The Morgan fingerprint density at radius 2 is 1.00 bits per heavy atom. The van der Waals surface area contributed by atoms with Gasteiger partial charge >= 0.3 is 58.2 Å². The molecule has 0 aromatic carbocycles. The molecule has 5 heavy (non-hydrogen) atoms. The van der Waals surface area contributed by atoms with Crippen LogP contribution in [0.25, 0.3) is 0 Å². The van der Waals surface area contributed by atoms with E-state index in [-0.39, 0.29) is 58.2 Å². The standard InChI is InChI=1S/IO3.Rb/c2-1(3)4;/q-1;+1. The van der Waals surface area contributed by atoms with E-state index in [1.807, 2.05) is 0 Å². The first-order chi connectivity index (χ1) is 1.73. The number of halogens is 1. The maximum atomic E-state index is 8.57. The maximum Gasteiger partial charge on any atom is 1.00 e. The summed E-state index contributed by atoms with van der Waals surface area (Å²) in [7, 11) is 0. The van der Waals surface area contributed by atoms with E-state index in [9.17, 15) is 0 Å².